The van der Waals surface area contributed by atoms with E-state index in [1.54, 1.807) is 21.9 Å². The summed E-state index contributed by atoms with van der Waals surface area (Å²) < 4.78 is 5.59. The number of aryl methyl sites for hydroxylation is 1. The zero-order chi connectivity index (χ0) is 15.7. The topological polar surface area (TPSA) is 62.7 Å². The monoisotopic (exact) mass is 301 g/mol. The maximum Gasteiger partial charge on any atom is 0.272 e. The second-order valence-corrected chi connectivity index (χ2v) is 5.63. The number of hydrogen-bond donors (Lipinski definition) is 0. The molecule has 1 aromatic rings. The lowest BCUT2D eigenvalue weighted by Crippen LogP contribution is -2.53. The van der Waals surface area contributed by atoms with Gasteiger partial charge in [-0.1, -0.05) is 12.1 Å². The van der Waals surface area contributed by atoms with Crippen molar-refractivity contribution in [1.82, 2.24) is 14.8 Å². The Morgan fingerprint density at radius 1 is 1.50 bits per heavy atom. The van der Waals surface area contributed by atoms with Crippen LogP contribution in [0.4, 0.5) is 0 Å². The molecule has 2 aliphatic rings. The van der Waals surface area contributed by atoms with E-state index in [1.807, 2.05) is 19.1 Å². The number of morpholine rings is 1. The fraction of sp³-hybridized carbons (Fsp3) is 0.438. The highest BCUT2D eigenvalue weighted by atomic mass is 16.5. The first kappa shape index (κ1) is 14.7. The lowest BCUT2D eigenvalue weighted by Gasteiger charge is -2.35. The number of fused-ring (bicyclic) bond motifs is 1. The summed E-state index contributed by atoms with van der Waals surface area (Å²) in [5.74, 6) is -0.170. The van der Waals surface area contributed by atoms with Gasteiger partial charge < -0.3 is 14.5 Å². The predicted molar refractivity (Wildman–Crippen MR) is 80.3 cm³/mol. The Morgan fingerprint density at radius 3 is 3.05 bits per heavy atom. The molecule has 2 amide bonds. The van der Waals surface area contributed by atoms with Crippen molar-refractivity contribution in [3.8, 4) is 0 Å². The normalized spacial score (nSPS) is 24.3. The maximum atomic E-state index is 12.6. The predicted octanol–water partition coefficient (Wildman–Crippen LogP) is 0.628. The molecule has 2 fully saturated rings. The van der Waals surface area contributed by atoms with E-state index in [0.717, 1.165) is 5.69 Å². The molecule has 0 unspecified atom stereocenters. The van der Waals surface area contributed by atoms with E-state index in [4.69, 9.17) is 4.74 Å². The number of amides is 2. The molecule has 3 heterocycles. The third-order valence-corrected chi connectivity index (χ3v) is 4.10. The first-order valence-corrected chi connectivity index (χ1v) is 7.35. The highest BCUT2D eigenvalue weighted by Crippen LogP contribution is 2.24. The zero-order valence-electron chi connectivity index (χ0n) is 12.6. The van der Waals surface area contributed by atoms with Gasteiger partial charge in [0.1, 0.15) is 12.3 Å². The van der Waals surface area contributed by atoms with E-state index in [1.165, 1.54) is 0 Å². The average molecular weight is 301 g/mol. The van der Waals surface area contributed by atoms with Crippen molar-refractivity contribution in [3.05, 3.63) is 42.2 Å². The third kappa shape index (κ3) is 2.62. The largest absolute Gasteiger partial charge is 0.364 e. The summed E-state index contributed by atoms with van der Waals surface area (Å²) in [5, 5.41) is 0. The molecule has 0 N–H and O–H groups in total. The van der Waals surface area contributed by atoms with Gasteiger partial charge in [-0.2, -0.15) is 0 Å². The molecular weight excluding hydrogens is 282 g/mol. The summed E-state index contributed by atoms with van der Waals surface area (Å²) in [4.78, 5) is 32.3. The summed E-state index contributed by atoms with van der Waals surface area (Å²) in [6.45, 7) is 7.05. The molecule has 0 aromatic carbocycles. The summed E-state index contributed by atoms with van der Waals surface area (Å²) in [6.07, 6.45) is 1.57. The van der Waals surface area contributed by atoms with Gasteiger partial charge in [0.25, 0.3) is 5.91 Å². The fourth-order valence-corrected chi connectivity index (χ4v) is 3.03. The molecule has 2 aliphatic heterocycles. The lowest BCUT2D eigenvalue weighted by atomic mass is 10.1. The number of hydrogen-bond acceptors (Lipinski definition) is 4. The Kier molecular flexibility index (Phi) is 3.94. The van der Waals surface area contributed by atoms with Crippen molar-refractivity contribution in [2.75, 3.05) is 26.2 Å². The Hall–Kier alpha value is -2.21. The van der Waals surface area contributed by atoms with Crippen LogP contribution in [0.5, 0.6) is 0 Å². The number of pyridine rings is 1. The van der Waals surface area contributed by atoms with Gasteiger partial charge in [0, 0.05) is 25.3 Å². The number of ether oxygens (including phenoxy) is 1. The fourth-order valence-electron chi connectivity index (χ4n) is 3.03. The lowest BCUT2D eigenvalue weighted by molar-refractivity contribution is -0.151. The number of aromatic nitrogens is 1. The summed E-state index contributed by atoms with van der Waals surface area (Å²) >= 11 is 0. The van der Waals surface area contributed by atoms with Crippen molar-refractivity contribution < 1.29 is 14.3 Å². The van der Waals surface area contributed by atoms with Crippen LogP contribution >= 0.6 is 0 Å². The van der Waals surface area contributed by atoms with Crippen LogP contribution in [-0.4, -0.2) is 65.0 Å². The molecule has 1 aromatic heterocycles. The molecule has 0 radical (unpaired) electrons. The minimum Gasteiger partial charge on any atom is -0.364 e. The Bertz CT molecular complexity index is 616. The molecule has 2 atom stereocenters. The standard InChI is InChI=1S/C16H19N3O3/c1-3-7-19-13-8-18(9-14(13)22-10-15(19)20)16(21)12-6-4-5-11(2)17-12/h3-6,13-14H,1,7-10H2,2H3/t13-,14-/m1/s1. The zero-order valence-corrected chi connectivity index (χ0v) is 12.6. The SMILES string of the molecule is C=CCN1C(=O)CO[C@@H]2CN(C(=O)c3cccc(C)n3)C[C@H]21. The molecule has 0 spiro atoms. The highest BCUT2D eigenvalue weighted by Gasteiger charge is 2.44. The van der Waals surface area contributed by atoms with Crippen LogP contribution in [0.1, 0.15) is 16.2 Å². The van der Waals surface area contributed by atoms with Gasteiger partial charge in [0.05, 0.1) is 12.1 Å². The molecule has 0 bridgehead atoms. The van der Waals surface area contributed by atoms with Gasteiger partial charge in [-0.25, -0.2) is 4.98 Å². The van der Waals surface area contributed by atoms with Crippen molar-refractivity contribution in [2.24, 2.45) is 0 Å². The summed E-state index contributed by atoms with van der Waals surface area (Å²) in [5.41, 5.74) is 1.24. The molecule has 6 heteroatoms. The first-order valence-electron chi connectivity index (χ1n) is 7.35. The average Bonchev–Trinajstić information content (AvgIpc) is 2.94. The molecule has 3 rings (SSSR count). The quantitative estimate of drug-likeness (QED) is 0.768. The van der Waals surface area contributed by atoms with Crippen molar-refractivity contribution in [2.45, 2.75) is 19.1 Å². The second kappa shape index (κ2) is 5.88. The highest BCUT2D eigenvalue weighted by molar-refractivity contribution is 5.92. The number of nitrogens with zero attached hydrogens (tertiary/aromatic N) is 3. The van der Waals surface area contributed by atoms with Gasteiger partial charge in [-0.15, -0.1) is 6.58 Å². The van der Waals surface area contributed by atoms with E-state index in [-0.39, 0.29) is 30.6 Å². The first-order chi connectivity index (χ1) is 10.6. The smallest absolute Gasteiger partial charge is 0.272 e. The number of likely N-dealkylation sites (tertiary alicyclic amines) is 1. The Morgan fingerprint density at radius 2 is 2.32 bits per heavy atom. The van der Waals surface area contributed by atoms with E-state index in [0.29, 0.717) is 25.3 Å². The van der Waals surface area contributed by atoms with Crippen molar-refractivity contribution >= 4 is 11.8 Å². The molecule has 6 nitrogen and oxygen atoms in total. The van der Waals surface area contributed by atoms with E-state index >= 15 is 0 Å². The number of rotatable bonds is 3. The Labute approximate surface area is 129 Å². The van der Waals surface area contributed by atoms with Crippen molar-refractivity contribution in [3.63, 3.8) is 0 Å². The molecule has 2 saturated heterocycles. The van der Waals surface area contributed by atoms with Crippen LogP contribution in [0.15, 0.2) is 30.9 Å². The minimum atomic E-state index is -0.133. The van der Waals surface area contributed by atoms with Crippen LogP contribution in [0.3, 0.4) is 0 Å². The van der Waals surface area contributed by atoms with Gasteiger partial charge >= 0.3 is 0 Å². The van der Waals surface area contributed by atoms with Crippen LogP contribution in [0, 0.1) is 6.92 Å². The van der Waals surface area contributed by atoms with Crippen LogP contribution in [-0.2, 0) is 9.53 Å². The van der Waals surface area contributed by atoms with Crippen LogP contribution < -0.4 is 0 Å². The molecule has 0 saturated carbocycles. The Balaban J connectivity index is 1.77. The third-order valence-electron chi connectivity index (χ3n) is 4.10. The molecule has 0 aliphatic carbocycles. The van der Waals surface area contributed by atoms with Gasteiger partial charge in [-0.05, 0) is 19.1 Å². The van der Waals surface area contributed by atoms with Crippen molar-refractivity contribution in [1.29, 1.82) is 0 Å². The summed E-state index contributed by atoms with van der Waals surface area (Å²) in [7, 11) is 0. The van der Waals surface area contributed by atoms with E-state index < -0.39 is 0 Å². The van der Waals surface area contributed by atoms with Crippen LogP contribution in [0.25, 0.3) is 0 Å². The van der Waals surface area contributed by atoms with E-state index in [2.05, 4.69) is 11.6 Å². The van der Waals surface area contributed by atoms with E-state index in [9.17, 15) is 9.59 Å². The number of carbonyl (C=O) groups is 2. The van der Waals surface area contributed by atoms with Gasteiger partial charge in [-0.3, -0.25) is 9.59 Å². The summed E-state index contributed by atoms with van der Waals surface area (Å²) in [6, 6.07) is 5.29. The number of carbonyl (C=O) groups excluding carboxylic acids is 2. The van der Waals surface area contributed by atoms with Gasteiger partial charge in [0.2, 0.25) is 5.91 Å². The molecule has 22 heavy (non-hydrogen) atoms. The molecule has 116 valence electrons. The van der Waals surface area contributed by atoms with Gasteiger partial charge in [0.15, 0.2) is 0 Å². The maximum absolute atomic E-state index is 12.6. The van der Waals surface area contributed by atoms with Crippen LogP contribution in [0.2, 0.25) is 0 Å². The minimum absolute atomic E-state index is 0.0517. The second-order valence-electron chi connectivity index (χ2n) is 5.63. The molecular formula is C16H19N3O3.